The second-order valence-electron chi connectivity index (χ2n) is 4.52. The molecule has 0 bridgehead atoms. The second kappa shape index (κ2) is 6.77. The lowest BCUT2D eigenvalue weighted by Crippen LogP contribution is -2.05. The van der Waals surface area contributed by atoms with Crippen molar-refractivity contribution in [2.24, 2.45) is 5.73 Å². The van der Waals surface area contributed by atoms with Crippen LogP contribution in [0.2, 0.25) is 0 Å². The number of halogens is 1. The van der Waals surface area contributed by atoms with E-state index in [9.17, 15) is 0 Å². The number of ether oxygens (including phenoxy) is 2. The molecule has 0 amide bonds. The van der Waals surface area contributed by atoms with Crippen molar-refractivity contribution in [1.82, 2.24) is 0 Å². The van der Waals surface area contributed by atoms with Gasteiger partial charge in [-0.2, -0.15) is 0 Å². The first-order valence-electron chi connectivity index (χ1n) is 6.39. The van der Waals surface area contributed by atoms with Gasteiger partial charge in [-0.1, -0.05) is 34.1 Å². The van der Waals surface area contributed by atoms with Crippen LogP contribution in [0, 0.1) is 6.92 Å². The van der Waals surface area contributed by atoms with Crippen LogP contribution in [0.4, 0.5) is 0 Å². The molecule has 2 N–H and O–H groups in total. The largest absolute Gasteiger partial charge is 0.496 e. The Morgan fingerprint density at radius 3 is 2.60 bits per heavy atom. The van der Waals surface area contributed by atoms with Crippen LogP contribution in [0.15, 0.2) is 40.9 Å². The van der Waals surface area contributed by atoms with Crippen LogP contribution in [-0.4, -0.2) is 7.11 Å². The minimum absolute atomic E-state index is 0.446. The van der Waals surface area contributed by atoms with Gasteiger partial charge in [0, 0.05) is 22.1 Å². The van der Waals surface area contributed by atoms with Gasteiger partial charge in [-0.3, -0.25) is 0 Å². The van der Waals surface area contributed by atoms with Crippen LogP contribution in [0.3, 0.4) is 0 Å². The Morgan fingerprint density at radius 2 is 1.90 bits per heavy atom. The van der Waals surface area contributed by atoms with Crippen LogP contribution >= 0.6 is 15.9 Å². The average Bonchev–Trinajstić information content (AvgIpc) is 2.45. The molecule has 0 aliphatic carbocycles. The van der Waals surface area contributed by atoms with Gasteiger partial charge >= 0.3 is 0 Å². The Bertz CT molecular complexity index is 599. The summed E-state index contributed by atoms with van der Waals surface area (Å²) in [7, 11) is 1.66. The zero-order valence-corrected chi connectivity index (χ0v) is 13.2. The third-order valence-corrected chi connectivity index (χ3v) is 3.56. The Hall–Kier alpha value is -1.52. The average molecular weight is 336 g/mol. The Kier molecular flexibility index (Phi) is 5.04. The van der Waals surface area contributed by atoms with E-state index in [0.29, 0.717) is 13.2 Å². The molecule has 2 rings (SSSR count). The topological polar surface area (TPSA) is 44.5 Å². The highest BCUT2D eigenvalue weighted by Gasteiger charge is 2.09. The minimum Gasteiger partial charge on any atom is -0.496 e. The molecule has 2 aromatic rings. The predicted molar refractivity (Wildman–Crippen MR) is 84.1 cm³/mol. The number of aryl methyl sites for hydroxylation is 1. The number of methoxy groups -OCH3 is 1. The van der Waals surface area contributed by atoms with Crippen molar-refractivity contribution in [3.05, 3.63) is 57.6 Å². The summed E-state index contributed by atoms with van der Waals surface area (Å²) in [4.78, 5) is 0. The van der Waals surface area contributed by atoms with E-state index in [1.165, 1.54) is 0 Å². The summed E-state index contributed by atoms with van der Waals surface area (Å²) in [6.45, 7) is 2.92. The molecule has 0 heterocycles. The summed E-state index contributed by atoms with van der Waals surface area (Å²) in [5.74, 6) is 1.68. The molecule has 0 aliphatic rings. The summed E-state index contributed by atoms with van der Waals surface area (Å²) >= 11 is 3.48. The van der Waals surface area contributed by atoms with Crippen molar-refractivity contribution in [3.63, 3.8) is 0 Å². The fourth-order valence-electron chi connectivity index (χ4n) is 2.13. The molecule has 3 nitrogen and oxygen atoms in total. The number of hydrogen-bond acceptors (Lipinski definition) is 3. The molecule has 4 heteroatoms. The van der Waals surface area contributed by atoms with Gasteiger partial charge in [-0.25, -0.2) is 0 Å². The van der Waals surface area contributed by atoms with Gasteiger partial charge < -0.3 is 15.2 Å². The minimum atomic E-state index is 0.446. The lowest BCUT2D eigenvalue weighted by molar-refractivity contribution is 0.292. The predicted octanol–water partition coefficient (Wildman–Crippen LogP) is 3.80. The fraction of sp³-hybridized carbons (Fsp3) is 0.250. The fourth-order valence-corrected chi connectivity index (χ4v) is 2.75. The normalized spacial score (nSPS) is 10.4. The highest BCUT2D eigenvalue weighted by atomic mass is 79.9. The zero-order chi connectivity index (χ0) is 14.5. The maximum absolute atomic E-state index is 5.96. The standard InChI is InChI=1S/C16H18BrNO2/c1-11-7-14(17)8-13(9-18)16(11)20-10-12-5-3-4-6-15(12)19-2/h3-8H,9-10,18H2,1-2H3. The van der Waals surface area contributed by atoms with Gasteiger partial charge in [0.1, 0.15) is 18.1 Å². The number of rotatable bonds is 5. The molecular weight excluding hydrogens is 318 g/mol. The maximum Gasteiger partial charge on any atom is 0.127 e. The summed E-state index contributed by atoms with van der Waals surface area (Å²) in [5, 5.41) is 0. The highest BCUT2D eigenvalue weighted by Crippen LogP contribution is 2.29. The van der Waals surface area contributed by atoms with E-state index in [1.807, 2.05) is 43.3 Å². The third kappa shape index (κ3) is 3.32. The van der Waals surface area contributed by atoms with E-state index < -0.39 is 0 Å². The van der Waals surface area contributed by atoms with Gasteiger partial charge in [0.05, 0.1) is 7.11 Å². The van der Waals surface area contributed by atoms with E-state index >= 15 is 0 Å². The van der Waals surface area contributed by atoms with Crippen LogP contribution in [0.5, 0.6) is 11.5 Å². The Balaban J connectivity index is 2.23. The van der Waals surface area contributed by atoms with E-state index in [2.05, 4.69) is 15.9 Å². The van der Waals surface area contributed by atoms with Gasteiger partial charge in [0.25, 0.3) is 0 Å². The monoisotopic (exact) mass is 335 g/mol. The van der Waals surface area contributed by atoms with Crippen molar-refractivity contribution in [2.45, 2.75) is 20.1 Å². The third-order valence-electron chi connectivity index (χ3n) is 3.10. The van der Waals surface area contributed by atoms with Gasteiger partial charge in [-0.05, 0) is 30.7 Å². The molecule has 0 saturated carbocycles. The smallest absolute Gasteiger partial charge is 0.127 e. The van der Waals surface area contributed by atoms with Crippen molar-refractivity contribution >= 4 is 15.9 Å². The Morgan fingerprint density at radius 1 is 1.15 bits per heavy atom. The molecular formula is C16H18BrNO2. The maximum atomic E-state index is 5.96. The van der Waals surface area contributed by atoms with E-state index in [1.54, 1.807) is 7.11 Å². The lowest BCUT2D eigenvalue weighted by atomic mass is 10.1. The molecule has 106 valence electrons. The van der Waals surface area contributed by atoms with Crippen LogP contribution in [0.25, 0.3) is 0 Å². The zero-order valence-electron chi connectivity index (χ0n) is 11.7. The Labute approximate surface area is 127 Å². The first kappa shape index (κ1) is 14.9. The van der Waals surface area contributed by atoms with Crippen molar-refractivity contribution < 1.29 is 9.47 Å². The van der Waals surface area contributed by atoms with Crippen molar-refractivity contribution in [1.29, 1.82) is 0 Å². The molecule has 0 saturated heterocycles. The van der Waals surface area contributed by atoms with Gasteiger partial charge in [0.2, 0.25) is 0 Å². The summed E-state index contributed by atoms with van der Waals surface area (Å²) in [6, 6.07) is 11.9. The van der Waals surface area contributed by atoms with Gasteiger partial charge in [-0.15, -0.1) is 0 Å². The summed E-state index contributed by atoms with van der Waals surface area (Å²) in [6.07, 6.45) is 0. The number of hydrogen-bond donors (Lipinski definition) is 1. The lowest BCUT2D eigenvalue weighted by Gasteiger charge is -2.15. The first-order chi connectivity index (χ1) is 9.65. The first-order valence-corrected chi connectivity index (χ1v) is 7.18. The highest BCUT2D eigenvalue weighted by molar-refractivity contribution is 9.10. The summed E-state index contributed by atoms with van der Waals surface area (Å²) in [5.41, 5.74) is 8.86. The molecule has 0 fully saturated rings. The van der Waals surface area contributed by atoms with E-state index in [0.717, 1.165) is 32.7 Å². The quantitative estimate of drug-likeness (QED) is 0.903. The SMILES string of the molecule is COc1ccccc1COc1c(C)cc(Br)cc1CN. The van der Waals surface area contributed by atoms with Gasteiger partial charge in [0.15, 0.2) is 0 Å². The molecule has 0 atom stereocenters. The number of nitrogens with two attached hydrogens (primary N) is 1. The molecule has 0 spiro atoms. The molecule has 0 aliphatic heterocycles. The van der Waals surface area contributed by atoms with E-state index in [-0.39, 0.29) is 0 Å². The second-order valence-corrected chi connectivity index (χ2v) is 5.43. The van der Waals surface area contributed by atoms with Crippen molar-refractivity contribution in [3.8, 4) is 11.5 Å². The van der Waals surface area contributed by atoms with Crippen LogP contribution < -0.4 is 15.2 Å². The molecule has 0 aromatic heterocycles. The molecule has 0 radical (unpaired) electrons. The summed E-state index contributed by atoms with van der Waals surface area (Å²) < 4.78 is 12.3. The molecule has 2 aromatic carbocycles. The van der Waals surface area contributed by atoms with Crippen LogP contribution in [-0.2, 0) is 13.2 Å². The molecule has 0 unspecified atom stereocenters. The van der Waals surface area contributed by atoms with Crippen molar-refractivity contribution in [2.75, 3.05) is 7.11 Å². The number of para-hydroxylation sites is 1. The van der Waals surface area contributed by atoms with E-state index in [4.69, 9.17) is 15.2 Å². The van der Waals surface area contributed by atoms with Crippen LogP contribution in [0.1, 0.15) is 16.7 Å². The number of benzene rings is 2. The molecule has 20 heavy (non-hydrogen) atoms.